The van der Waals surface area contributed by atoms with Gasteiger partial charge in [0.25, 0.3) is 0 Å². The number of methoxy groups -OCH3 is 1. The molecule has 0 spiro atoms. The van der Waals surface area contributed by atoms with Crippen LogP contribution in [-0.2, 0) is 9.47 Å². The average molecular weight is 207 g/mol. The molecule has 1 rings (SSSR count). The van der Waals surface area contributed by atoms with E-state index in [9.17, 15) is 0 Å². The zero-order valence-corrected chi connectivity index (χ0v) is 8.60. The Morgan fingerprint density at radius 3 is 2.53 bits per heavy atom. The molecule has 4 heteroatoms. The number of hydrogen-bond donors (Lipinski definition) is 0. The average Bonchev–Trinajstić information content (AvgIpc) is 2.30. The molecule has 0 aliphatic rings. The minimum Gasteiger partial charge on any atom is -0.468 e. The standard InChI is InChI=1S/C11H13NO3/c1-13-6-7-14-9-15-11-4-2-10(8-12)3-5-11/h2-5H,6-7,9H2,1H3. The maximum Gasteiger partial charge on any atom is 0.189 e. The summed E-state index contributed by atoms with van der Waals surface area (Å²) in [5.74, 6) is 0.686. The number of ether oxygens (including phenoxy) is 3. The molecule has 0 fully saturated rings. The summed E-state index contributed by atoms with van der Waals surface area (Å²) in [4.78, 5) is 0. The first-order chi connectivity index (χ1) is 7.36. The van der Waals surface area contributed by atoms with Crippen molar-refractivity contribution in [3.05, 3.63) is 29.8 Å². The van der Waals surface area contributed by atoms with E-state index in [2.05, 4.69) is 0 Å². The van der Waals surface area contributed by atoms with Crippen molar-refractivity contribution in [1.82, 2.24) is 0 Å². The summed E-state index contributed by atoms with van der Waals surface area (Å²) in [6.07, 6.45) is 0. The molecule has 0 unspecified atom stereocenters. The van der Waals surface area contributed by atoms with Gasteiger partial charge in [-0.2, -0.15) is 5.26 Å². The van der Waals surface area contributed by atoms with Crippen molar-refractivity contribution >= 4 is 0 Å². The fourth-order valence-corrected chi connectivity index (χ4v) is 0.937. The predicted molar refractivity (Wildman–Crippen MR) is 54.5 cm³/mol. The summed E-state index contributed by atoms with van der Waals surface area (Å²) in [5.41, 5.74) is 0.614. The van der Waals surface area contributed by atoms with Gasteiger partial charge >= 0.3 is 0 Å². The van der Waals surface area contributed by atoms with Crippen LogP contribution in [0.4, 0.5) is 0 Å². The van der Waals surface area contributed by atoms with Crippen molar-refractivity contribution in [3.63, 3.8) is 0 Å². The minimum absolute atomic E-state index is 0.190. The zero-order valence-electron chi connectivity index (χ0n) is 8.60. The monoisotopic (exact) mass is 207 g/mol. The molecular formula is C11H13NO3. The second kappa shape index (κ2) is 6.82. The van der Waals surface area contributed by atoms with Gasteiger partial charge in [-0.05, 0) is 24.3 Å². The lowest BCUT2D eigenvalue weighted by atomic mass is 10.2. The molecule has 0 saturated carbocycles. The third kappa shape index (κ3) is 4.45. The molecule has 0 aliphatic heterocycles. The molecule has 15 heavy (non-hydrogen) atoms. The van der Waals surface area contributed by atoms with Crippen molar-refractivity contribution < 1.29 is 14.2 Å². The molecule has 0 atom stereocenters. The fraction of sp³-hybridized carbons (Fsp3) is 0.364. The number of benzene rings is 1. The van der Waals surface area contributed by atoms with Gasteiger partial charge in [0.15, 0.2) is 6.79 Å². The highest BCUT2D eigenvalue weighted by Gasteiger charge is 1.94. The maximum atomic E-state index is 8.57. The zero-order chi connectivity index (χ0) is 10.9. The highest BCUT2D eigenvalue weighted by atomic mass is 16.7. The van der Waals surface area contributed by atoms with Crippen molar-refractivity contribution in [2.75, 3.05) is 27.1 Å². The normalized spacial score (nSPS) is 9.60. The molecule has 1 aromatic carbocycles. The lowest BCUT2D eigenvalue weighted by Gasteiger charge is -2.06. The molecule has 0 amide bonds. The van der Waals surface area contributed by atoms with E-state index in [0.717, 1.165) is 0 Å². The van der Waals surface area contributed by atoms with Gasteiger partial charge in [-0.1, -0.05) is 0 Å². The van der Waals surface area contributed by atoms with Gasteiger partial charge in [-0.15, -0.1) is 0 Å². The van der Waals surface area contributed by atoms with Crippen LogP contribution < -0.4 is 4.74 Å². The van der Waals surface area contributed by atoms with E-state index in [4.69, 9.17) is 19.5 Å². The summed E-state index contributed by atoms with van der Waals surface area (Å²) in [5, 5.41) is 8.57. The topological polar surface area (TPSA) is 51.5 Å². The van der Waals surface area contributed by atoms with Crippen LogP contribution >= 0.6 is 0 Å². The largest absolute Gasteiger partial charge is 0.468 e. The van der Waals surface area contributed by atoms with Crippen LogP contribution in [0.3, 0.4) is 0 Å². The van der Waals surface area contributed by atoms with Crippen LogP contribution in [0.25, 0.3) is 0 Å². The Balaban J connectivity index is 2.23. The number of nitrogens with zero attached hydrogens (tertiary/aromatic N) is 1. The number of hydrogen-bond acceptors (Lipinski definition) is 4. The van der Waals surface area contributed by atoms with E-state index < -0.39 is 0 Å². The van der Waals surface area contributed by atoms with Gasteiger partial charge in [0.1, 0.15) is 5.75 Å². The minimum atomic E-state index is 0.190. The van der Waals surface area contributed by atoms with Crippen molar-refractivity contribution in [2.45, 2.75) is 0 Å². The molecule has 0 N–H and O–H groups in total. The van der Waals surface area contributed by atoms with E-state index in [1.807, 2.05) is 6.07 Å². The second-order valence-corrected chi connectivity index (χ2v) is 2.80. The van der Waals surface area contributed by atoms with Crippen molar-refractivity contribution in [1.29, 1.82) is 5.26 Å². The second-order valence-electron chi connectivity index (χ2n) is 2.80. The molecule has 4 nitrogen and oxygen atoms in total. The molecule has 0 radical (unpaired) electrons. The Morgan fingerprint density at radius 2 is 1.93 bits per heavy atom. The Bertz CT molecular complexity index is 316. The van der Waals surface area contributed by atoms with Crippen LogP contribution in [0.1, 0.15) is 5.56 Å². The first kappa shape index (κ1) is 11.5. The lowest BCUT2D eigenvalue weighted by Crippen LogP contribution is -2.07. The molecule has 0 saturated heterocycles. The molecule has 0 aliphatic carbocycles. The molecule has 80 valence electrons. The summed E-state index contributed by atoms with van der Waals surface area (Å²) in [6.45, 7) is 1.25. The van der Waals surface area contributed by atoms with Crippen LogP contribution in [-0.4, -0.2) is 27.1 Å². The summed E-state index contributed by atoms with van der Waals surface area (Å²) in [7, 11) is 1.62. The van der Waals surface area contributed by atoms with Gasteiger partial charge < -0.3 is 14.2 Å². The smallest absolute Gasteiger partial charge is 0.189 e. The van der Waals surface area contributed by atoms with Crippen LogP contribution in [0.2, 0.25) is 0 Å². The van der Waals surface area contributed by atoms with Crippen molar-refractivity contribution in [2.24, 2.45) is 0 Å². The highest BCUT2D eigenvalue weighted by molar-refractivity contribution is 5.34. The molecule has 0 aromatic heterocycles. The van der Waals surface area contributed by atoms with Gasteiger partial charge in [-0.3, -0.25) is 0 Å². The fourth-order valence-electron chi connectivity index (χ4n) is 0.937. The highest BCUT2D eigenvalue weighted by Crippen LogP contribution is 2.11. The van der Waals surface area contributed by atoms with Gasteiger partial charge in [0.05, 0.1) is 24.8 Å². The lowest BCUT2D eigenvalue weighted by molar-refractivity contribution is -0.00847. The maximum absolute atomic E-state index is 8.57. The van der Waals surface area contributed by atoms with Crippen LogP contribution in [0.5, 0.6) is 5.75 Å². The van der Waals surface area contributed by atoms with E-state index in [1.54, 1.807) is 31.4 Å². The number of nitriles is 1. The first-order valence-electron chi connectivity index (χ1n) is 4.56. The van der Waals surface area contributed by atoms with Gasteiger partial charge in [-0.25, -0.2) is 0 Å². The quantitative estimate of drug-likeness (QED) is 0.524. The number of rotatable bonds is 6. The predicted octanol–water partition coefficient (Wildman–Crippen LogP) is 1.56. The van der Waals surface area contributed by atoms with Crippen LogP contribution in [0, 0.1) is 11.3 Å². The third-order valence-electron chi connectivity index (χ3n) is 1.72. The molecule has 0 bridgehead atoms. The summed E-state index contributed by atoms with van der Waals surface area (Å²) in [6, 6.07) is 8.90. The Labute approximate surface area is 89.0 Å². The Hall–Kier alpha value is -1.57. The molecule has 1 aromatic rings. The Kier molecular flexibility index (Phi) is 5.23. The summed E-state index contributed by atoms with van der Waals surface area (Å²) >= 11 is 0. The third-order valence-corrected chi connectivity index (χ3v) is 1.72. The molecule has 0 heterocycles. The summed E-state index contributed by atoms with van der Waals surface area (Å²) < 4.78 is 15.2. The first-order valence-corrected chi connectivity index (χ1v) is 4.56. The van der Waals surface area contributed by atoms with E-state index >= 15 is 0 Å². The van der Waals surface area contributed by atoms with Gasteiger partial charge in [0.2, 0.25) is 0 Å². The SMILES string of the molecule is COCCOCOc1ccc(C#N)cc1. The van der Waals surface area contributed by atoms with Crippen molar-refractivity contribution in [3.8, 4) is 11.8 Å². The van der Waals surface area contributed by atoms with Gasteiger partial charge in [0, 0.05) is 7.11 Å². The molecular weight excluding hydrogens is 194 g/mol. The van der Waals surface area contributed by atoms with E-state index in [0.29, 0.717) is 24.5 Å². The van der Waals surface area contributed by atoms with E-state index in [1.165, 1.54) is 0 Å². The Morgan fingerprint density at radius 1 is 1.20 bits per heavy atom. The van der Waals surface area contributed by atoms with Crippen LogP contribution in [0.15, 0.2) is 24.3 Å². The van der Waals surface area contributed by atoms with E-state index in [-0.39, 0.29) is 6.79 Å².